The lowest BCUT2D eigenvalue weighted by Crippen LogP contribution is -1.96. The average molecular weight is 291 g/mol. The maximum Gasteiger partial charge on any atom is 0.128 e. The van der Waals surface area contributed by atoms with E-state index in [1.165, 1.54) is 11.1 Å². The van der Waals surface area contributed by atoms with Gasteiger partial charge in [0.1, 0.15) is 5.75 Å². The Hall–Kier alpha value is -1.51. The summed E-state index contributed by atoms with van der Waals surface area (Å²) in [4.78, 5) is 0. The summed E-state index contributed by atoms with van der Waals surface area (Å²) < 4.78 is 10.9. The summed E-state index contributed by atoms with van der Waals surface area (Å²) in [5, 5.41) is 0.685. The topological polar surface area (TPSA) is 18.5 Å². The Morgan fingerprint density at radius 1 is 1.10 bits per heavy atom. The van der Waals surface area contributed by atoms with Gasteiger partial charge in [0.05, 0.1) is 13.2 Å². The van der Waals surface area contributed by atoms with Gasteiger partial charge >= 0.3 is 0 Å². The molecule has 0 aliphatic rings. The second-order valence-corrected chi connectivity index (χ2v) is 5.08. The summed E-state index contributed by atoms with van der Waals surface area (Å²) in [6.45, 7) is 5.31. The van der Waals surface area contributed by atoms with Gasteiger partial charge in [-0.25, -0.2) is 0 Å². The number of ether oxygens (including phenoxy) is 2. The van der Waals surface area contributed by atoms with Gasteiger partial charge in [-0.05, 0) is 48.7 Å². The van der Waals surface area contributed by atoms with Gasteiger partial charge in [0.15, 0.2) is 0 Å². The summed E-state index contributed by atoms with van der Waals surface area (Å²) in [7, 11) is 1.71. The predicted molar refractivity (Wildman–Crippen MR) is 83.5 cm³/mol. The minimum Gasteiger partial charge on any atom is -0.493 e. The van der Waals surface area contributed by atoms with Crippen molar-refractivity contribution in [2.24, 2.45) is 0 Å². The highest BCUT2D eigenvalue weighted by Gasteiger charge is 2.09. The Morgan fingerprint density at radius 2 is 1.90 bits per heavy atom. The Kier molecular flexibility index (Phi) is 5.05. The molecule has 0 bridgehead atoms. The molecule has 0 spiro atoms. The van der Waals surface area contributed by atoms with Crippen molar-refractivity contribution in [2.75, 3.05) is 13.7 Å². The summed E-state index contributed by atoms with van der Waals surface area (Å²) in [6.07, 6.45) is 0. The van der Waals surface area contributed by atoms with E-state index in [9.17, 15) is 0 Å². The SMILES string of the molecule is CCOc1cc(Cl)ccc1-c1ccc(COC)c(C)c1. The van der Waals surface area contributed by atoms with E-state index in [4.69, 9.17) is 21.1 Å². The van der Waals surface area contributed by atoms with Crippen molar-refractivity contribution in [3.8, 4) is 16.9 Å². The number of methoxy groups -OCH3 is 1. The molecule has 2 rings (SSSR count). The molecule has 0 aliphatic carbocycles. The van der Waals surface area contributed by atoms with Crippen molar-refractivity contribution >= 4 is 11.6 Å². The zero-order valence-corrected chi connectivity index (χ0v) is 12.8. The van der Waals surface area contributed by atoms with Crippen molar-refractivity contribution in [2.45, 2.75) is 20.5 Å². The molecule has 3 heteroatoms. The lowest BCUT2D eigenvalue weighted by atomic mass is 9.99. The van der Waals surface area contributed by atoms with Crippen LogP contribution in [-0.2, 0) is 11.3 Å². The lowest BCUT2D eigenvalue weighted by Gasteiger charge is -2.13. The number of aryl methyl sites for hydroxylation is 1. The molecule has 0 fully saturated rings. The van der Waals surface area contributed by atoms with Crippen LogP contribution in [0.5, 0.6) is 5.75 Å². The van der Waals surface area contributed by atoms with Gasteiger partial charge in [-0.1, -0.05) is 29.8 Å². The normalized spacial score (nSPS) is 10.6. The van der Waals surface area contributed by atoms with Crippen molar-refractivity contribution < 1.29 is 9.47 Å². The third kappa shape index (κ3) is 3.33. The van der Waals surface area contributed by atoms with Crippen LogP contribution in [0.25, 0.3) is 11.1 Å². The van der Waals surface area contributed by atoms with Gasteiger partial charge in [-0.2, -0.15) is 0 Å². The zero-order chi connectivity index (χ0) is 14.5. The highest BCUT2D eigenvalue weighted by atomic mass is 35.5. The Balaban J connectivity index is 2.43. The van der Waals surface area contributed by atoms with E-state index in [0.717, 1.165) is 16.9 Å². The van der Waals surface area contributed by atoms with Gasteiger partial charge in [0, 0.05) is 17.7 Å². The third-order valence-electron chi connectivity index (χ3n) is 3.20. The fourth-order valence-electron chi connectivity index (χ4n) is 2.19. The lowest BCUT2D eigenvalue weighted by molar-refractivity contribution is 0.184. The Bertz CT molecular complexity index is 594. The molecule has 20 heavy (non-hydrogen) atoms. The summed E-state index contributed by atoms with van der Waals surface area (Å²) >= 11 is 6.04. The average Bonchev–Trinajstić information content (AvgIpc) is 2.42. The quantitative estimate of drug-likeness (QED) is 0.783. The standard InChI is InChI=1S/C17H19ClO2/c1-4-20-17-10-15(18)7-8-16(17)13-5-6-14(11-19-3)12(2)9-13/h5-10H,4,11H2,1-3H3. The van der Waals surface area contributed by atoms with Gasteiger partial charge < -0.3 is 9.47 Å². The van der Waals surface area contributed by atoms with Gasteiger partial charge in [-0.3, -0.25) is 0 Å². The van der Waals surface area contributed by atoms with Gasteiger partial charge in [0.25, 0.3) is 0 Å². The van der Waals surface area contributed by atoms with Gasteiger partial charge in [0.2, 0.25) is 0 Å². The molecule has 0 unspecified atom stereocenters. The van der Waals surface area contributed by atoms with Crippen molar-refractivity contribution in [3.05, 3.63) is 52.5 Å². The van der Waals surface area contributed by atoms with Gasteiger partial charge in [-0.15, -0.1) is 0 Å². The van der Waals surface area contributed by atoms with E-state index in [0.29, 0.717) is 18.2 Å². The van der Waals surface area contributed by atoms with Crippen LogP contribution in [-0.4, -0.2) is 13.7 Å². The van der Waals surface area contributed by atoms with Crippen LogP contribution in [0.3, 0.4) is 0 Å². The molecule has 0 N–H and O–H groups in total. The van der Waals surface area contributed by atoms with Crippen LogP contribution in [0, 0.1) is 6.92 Å². The summed E-state index contributed by atoms with van der Waals surface area (Å²) in [5.74, 6) is 0.818. The highest BCUT2D eigenvalue weighted by molar-refractivity contribution is 6.30. The molecule has 2 nitrogen and oxygen atoms in total. The maximum atomic E-state index is 6.04. The maximum absolute atomic E-state index is 6.04. The van der Waals surface area contributed by atoms with Crippen LogP contribution >= 0.6 is 11.6 Å². The number of benzene rings is 2. The van der Waals surface area contributed by atoms with Crippen molar-refractivity contribution in [1.82, 2.24) is 0 Å². The molecule has 106 valence electrons. The van der Waals surface area contributed by atoms with E-state index in [1.807, 2.05) is 25.1 Å². The molecule has 0 radical (unpaired) electrons. The second kappa shape index (κ2) is 6.78. The van der Waals surface area contributed by atoms with E-state index in [-0.39, 0.29) is 0 Å². The monoisotopic (exact) mass is 290 g/mol. The molecule has 0 aromatic heterocycles. The molecular formula is C17H19ClO2. The minimum atomic E-state index is 0.619. The Morgan fingerprint density at radius 3 is 2.55 bits per heavy atom. The van der Waals surface area contributed by atoms with Crippen molar-refractivity contribution in [3.63, 3.8) is 0 Å². The first kappa shape index (κ1) is 14.9. The van der Waals surface area contributed by atoms with E-state index in [2.05, 4.69) is 25.1 Å². The molecule has 0 aliphatic heterocycles. The number of hydrogen-bond donors (Lipinski definition) is 0. The first-order valence-electron chi connectivity index (χ1n) is 6.67. The van der Waals surface area contributed by atoms with Crippen LogP contribution in [0.4, 0.5) is 0 Å². The van der Waals surface area contributed by atoms with Crippen LogP contribution in [0.2, 0.25) is 5.02 Å². The first-order chi connectivity index (χ1) is 9.65. The molecular weight excluding hydrogens is 272 g/mol. The first-order valence-corrected chi connectivity index (χ1v) is 7.04. The summed E-state index contributed by atoms with van der Waals surface area (Å²) in [5.41, 5.74) is 4.59. The van der Waals surface area contributed by atoms with E-state index in [1.54, 1.807) is 7.11 Å². The van der Waals surface area contributed by atoms with Crippen LogP contribution in [0.15, 0.2) is 36.4 Å². The van der Waals surface area contributed by atoms with Crippen LogP contribution in [0.1, 0.15) is 18.1 Å². The molecule has 0 saturated carbocycles. The fraction of sp³-hybridized carbons (Fsp3) is 0.294. The zero-order valence-electron chi connectivity index (χ0n) is 12.1. The molecule has 2 aromatic carbocycles. The molecule has 2 aromatic rings. The fourth-order valence-corrected chi connectivity index (χ4v) is 2.35. The number of rotatable bonds is 5. The third-order valence-corrected chi connectivity index (χ3v) is 3.43. The highest BCUT2D eigenvalue weighted by Crippen LogP contribution is 2.33. The molecule has 0 atom stereocenters. The number of hydrogen-bond acceptors (Lipinski definition) is 2. The smallest absolute Gasteiger partial charge is 0.128 e. The van der Waals surface area contributed by atoms with E-state index >= 15 is 0 Å². The van der Waals surface area contributed by atoms with E-state index < -0.39 is 0 Å². The molecule has 0 heterocycles. The second-order valence-electron chi connectivity index (χ2n) is 4.65. The predicted octanol–water partition coefficient (Wildman–Crippen LogP) is 4.86. The van der Waals surface area contributed by atoms with Crippen LogP contribution < -0.4 is 4.74 Å². The molecule has 0 amide bonds. The van der Waals surface area contributed by atoms with Crippen molar-refractivity contribution in [1.29, 1.82) is 0 Å². The Labute approximate surface area is 125 Å². The molecule has 0 saturated heterocycles. The minimum absolute atomic E-state index is 0.619. The summed E-state index contributed by atoms with van der Waals surface area (Å²) in [6, 6.07) is 12.1. The largest absolute Gasteiger partial charge is 0.493 e. The number of halogens is 1.